The Hall–Kier alpha value is -2.21. The second kappa shape index (κ2) is 8.03. The Morgan fingerprint density at radius 1 is 1.07 bits per heavy atom. The van der Waals surface area contributed by atoms with Crippen LogP contribution in [0, 0.1) is 17.7 Å². The summed E-state index contributed by atoms with van der Waals surface area (Å²) in [5.41, 5.74) is 1.68. The molecule has 1 saturated heterocycles. The number of anilines is 1. The van der Waals surface area contributed by atoms with Crippen LogP contribution in [0.25, 0.3) is 0 Å². The smallest absolute Gasteiger partial charge is 0.227 e. The van der Waals surface area contributed by atoms with Crippen LogP contribution in [-0.2, 0) is 9.59 Å². The van der Waals surface area contributed by atoms with Gasteiger partial charge in [-0.1, -0.05) is 28.1 Å². The SMILES string of the molecule is O=C(Nc1ccc(Br)cc1)C1CCN(C(=O)C2CC2c2cccc(F)c2)CC1. The molecule has 4 nitrogen and oxygen atoms in total. The van der Waals surface area contributed by atoms with Gasteiger partial charge in [-0.05, 0) is 67.1 Å². The molecule has 0 radical (unpaired) electrons. The van der Waals surface area contributed by atoms with Gasteiger partial charge in [-0.15, -0.1) is 0 Å². The van der Waals surface area contributed by atoms with Gasteiger partial charge in [0.1, 0.15) is 5.82 Å². The van der Waals surface area contributed by atoms with Crippen molar-refractivity contribution in [1.82, 2.24) is 4.90 Å². The van der Waals surface area contributed by atoms with Crippen LogP contribution >= 0.6 is 15.9 Å². The Balaban J connectivity index is 1.27. The van der Waals surface area contributed by atoms with E-state index in [0.29, 0.717) is 25.9 Å². The molecule has 1 aliphatic heterocycles. The minimum absolute atomic E-state index is 0.0125. The van der Waals surface area contributed by atoms with Gasteiger partial charge in [-0.2, -0.15) is 0 Å². The molecular formula is C22H22BrFN2O2. The average Bonchev–Trinajstić information content (AvgIpc) is 3.50. The minimum atomic E-state index is -0.256. The molecule has 2 atom stereocenters. The van der Waals surface area contributed by atoms with Crippen molar-refractivity contribution in [3.05, 3.63) is 64.4 Å². The number of rotatable bonds is 4. The van der Waals surface area contributed by atoms with Crippen molar-refractivity contribution in [1.29, 1.82) is 0 Å². The molecule has 1 saturated carbocycles. The molecule has 2 aromatic rings. The summed E-state index contributed by atoms with van der Waals surface area (Å²) in [6, 6.07) is 14.0. The molecule has 2 fully saturated rings. The third kappa shape index (κ3) is 4.27. The van der Waals surface area contributed by atoms with Gasteiger partial charge in [0.25, 0.3) is 0 Å². The lowest BCUT2D eigenvalue weighted by Crippen LogP contribution is -2.42. The second-order valence-electron chi connectivity index (χ2n) is 7.60. The first-order valence-electron chi connectivity index (χ1n) is 9.62. The lowest BCUT2D eigenvalue weighted by molar-refractivity contribution is -0.135. The van der Waals surface area contributed by atoms with Gasteiger partial charge in [-0.25, -0.2) is 4.39 Å². The van der Waals surface area contributed by atoms with Crippen LogP contribution in [0.5, 0.6) is 0 Å². The van der Waals surface area contributed by atoms with Crippen molar-refractivity contribution < 1.29 is 14.0 Å². The predicted octanol–water partition coefficient (Wildman–Crippen LogP) is 4.57. The number of nitrogens with one attached hydrogen (secondary N) is 1. The highest BCUT2D eigenvalue weighted by atomic mass is 79.9. The first-order valence-corrected chi connectivity index (χ1v) is 10.4. The van der Waals surface area contributed by atoms with E-state index in [9.17, 15) is 14.0 Å². The third-order valence-electron chi connectivity index (χ3n) is 5.67. The van der Waals surface area contributed by atoms with Crippen LogP contribution in [0.4, 0.5) is 10.1 Å². The summed E-state index contributed by atoms with van der Waals surface area (Å²) < 4.78 is 14.4. The van der Waals surface area contributed by atoms with E-state index in [1.165, 1.54) is 12.1 Å². The Morgan fingerprint density at radius 2 is 1.79 bits per heavy atom. The molecule has 6 heteroatoms. The lowest BCUT2D eigenvalue weighted by atomic mass is 9.95. The van der Waals surface area contributed by atoms with E-state index in [1.54, 1.807) is 6.07 Å². The molecule has 146 valence electrons. The molecule has 28 heavy (non-hydrogen) atoms. The minimum Gasteiger partial charge on any atom is -0.342 e. The number of piperidine rings is 1. The molecule has 1 heterocycles. The number of carbonyl (C=O) groups is 2. The summed E-state index contributed by atoms with van der Waals surface area (Å²) >= 11 is 3.38. The van der Waals surface area contributed by atoms with E-state index >= 15 is 0 Å². The quantitative estimate of drug-likeness (QED) is 0.750. The molecule has 2 aromatic carbocycles. The summed E-state index contributed by atoms with van der Waals surface area (Å²) in [5, 5.41) is 2.95. The summed E-state index contributed by atoms with van der Waals surface area (Å²) in [7, 11) is 0. The Kier molecular flexibility index (Phi) is 5.49. The van der Waals surface area contributed by atoms with Crippen molar-refractivity contribution in [3.63, 3.8) is 0 Å². The number of likely N-dealkylation sites (tertiary alicyclic amines) is 1. The highest BCUT2D eigenvalue weighted by molar-refractivity contribution is 9.10. The predicted molar refractivity (Wildman–Crippen MR) is 109 cm³/mol. The molecule has 1 aliphatic carbocycles. The Bertz CT molecular complexity index is 878. The van der Waals surface area contributed by atoms with Crippen molar-refractivity contribution >= 4 is 33.4 Å². The maximum atomic E-state index is 13.4. The van der Waals surface area contributed by atoms with Gasteiger partial charge in [0.2, 0.25) is 11.8 Å². The van der Waals surface area contributed by atoms with Gasteiger partial charge in [-0.3, -0.25) is 9.59 Å². The fraction of sp³-hybridized carbons (Fsp3) is 0.364. The molecule has 2 amide bonds. The molecule has 2 unspecified atom stereocenters. The summed E-state index contributed by atoms with van der Waals surface area (Å²) in [6.07, 6.45) is 2.13. The number of nitrogens with zero attached hydrogens (tertiary/aromatic N) is 1. The molecule has 0 bridgehead atoms. The Labute approximate surface area is 172 Å². The number of amides is 2. The zero-order valence-corrected chi connectivity index (χ0v) is 17.0. The molecule has 4 rings (SSSR count). The van der Waals surface area contributed by atoms with Crippen LogP contribution < -0.4 is 5.32 Å². The largest absolute Gasteiger partial charge is 0.342 e. The van der Waals surface area contributed by atoms with Gasteiger partial charge >= 0.3 is 0 Å². The van der Waals surface area contributed by atoms with E-state index in [4.69, 9.17) is 0 Å². The second-order valence-corrected chi connectivity index (χ2v) is 8.52. The average molecular weight is 445 g/mol. The van der Waals surface area contributed by atoms with Gasteiger partial charge in [0.05, 0.1) is 0 Å². The third-order valence-corrected chi connectivity index (χ3v) is 6.20. The topological polar surface area (TPSA) is 49.4 Å². The van der Waals surface area contributed by atoms with Crippen LogP contribution in [-0.4, -0.2) is 29.8 Å². The zero-order valence-electron chi connectivity index (χ0n) is 15.4. The van der Waals surface area contributed by atoms with Crippen molar-refractivity contribution in [2.75, 3.05) is 18.4 Å². The van der Waals surface area contributed by atoms with Gasteiger partial charge < -0.3 is 10.2 Å². The van der Waals surface area contributed by atoms with Crippen molar-refractivity contribution in [2.24, 2.45) is 11.8 Å². The van der Waals surface area contributed by atoms with Crippen molar-refractivity contribution in [2.45, 2.75) is 25.2 Å². The number of carbonyl (C=O) groups excluding carboxylic acids is 2. The Morgan fingerprint density at radius 3 is 2.46 bits per heavy atom. The number of benzene rings is 2. The zero-order chi connectivity index (χ0) is 19.7. The maximum absolute atomic E-state index is 13.4. The van der Waals surface area contributed by atoms with Crippen LogP contribution in [0.2, 0.25) is 0 Å². The first kappa shape index (κ1) is 19.1. The molecule has 2 aliphatic rings. The van der Waals surface area contributed by atoms with Crippen molar-refractivity contribution in [3.8, 4) is 0 Å². The van der Waals surface area contributed by atoms with E-state index in [-0.39, 0.29) is 35.4 Å². The lowest BCUT2D eigenvalue weighted by Gasteiger charge is -2.31. The van der Waals surface area contributed by atoms with E-state index in [2.05, 4.69) is 21.2 Å². The van der Waals surface area contributed by atoms with E-state index in [1.807, 2.05) is 35.2 Å². The summed E-state index contributed by atoms with van der Waals surface area (Å²) in [4.78, 5) is 27.1. The highest BCUT2D eigenvalue weighted by Crippen LogP contribution is 2.48. The van der Waals surface area contributed by atoms with Crippen LogP contribution in [0.3, 0.4) is 0 Å². The van der Waals surface area contributed by atoms with E-state index in [0.717, 1.165) is 22.1 Å². The van der Waals surface area contributed by atoms with E-state index < -0.39 is 0 Å². The number of hydrogen-bond acceptors (Lipinski definition) is 2. The van der Waals surface area contributed by atoms with Crippen LogP contribution in [0.15, 0.2) is 53.0 Å². The fourth-order valence-corrected chi connectivity index (χ4v) is 4.21. The standard InChI is InChI=1S/C22H22BrFN2O2/c23-16-4-6-18(7-5-16)25-21(27)14-8-10-26(11-9-14)22(28)20-13-19(20)15-2-1-3-17(24)12-15/h1-7,12,14,19-20H,8-11,13H2,(H,25,27). The molecule has 1 N–H and O–H groups in total. The summed E-state index contributed by atoms with van der Waals surface area (Å²) in [6.45, 7) is 1.20. The van der Waals surface area contributed by atoms with Gasteiger partial charge in [0, 0.05) is 35.1 Å². The number of hydrogen-bond donors (Lipinski definition) is 1. The fourth-order valence-electron chi connectivity index (χ4n) is 3.95. The number of halogens is 2. The first-order chi connectivity index (χ1) is 13.5. The normalized spacial score (nSPS) is 22.0. The van der Waals surface area contributed by atoms with Gasteiger partial charge in [0.15, 0.2) is 0 Å². The molecular weight excluding hydrogens is 423 g/mol. The highest BCUT2D eigenvalue weighted by Gasteiger charge is 2.46. The van der Waals surface area contributed by atoms with Crippen LogP contribution in [0.1, 0.15) is 30.7 Å². The molecule has 0 aromatic heterocycles. The monoisotopic (exact) mass is 444 g/mol. The maximum Gasteiger partial charge on any atom is 0.227 e. The summed E-state index contributed by atoms with van der Waals surface area (Å²) in [5.74, 6) is -0.102. The molecule has 0 spiro atoms.